The van der Waals surface area contributed by atoms with Crippen molar-refractivity contribution in [1.29, 1.82) is 0 Å². The largest absolute Gasteiger partial charge is 0.481 e. The maximum atomic E-state index is 12.7. The van der Waals surface area contributed by atoms with E-state index in [4.69, 9.17) is 9.84 Å². The summed E-state index contributed by atoms with van der Waals surface area (Å²) in [6, 6.07) is 15.8. The number of ether oxygens (including phenoxy) is 1. The number of carboxylic acids is 1. The van der Waals surface area contributed by atoms with Gasteiger partial charge in [0.05, 0.1) is 6.42 Å². The summed E-state index contributed by atoms with van der Waals surface area (Å²) in [7, 11) is 0. The molecule has 0 aliphatic heterocycles. The Kier molecular flexibility index (Phi) is 7.20. The predicted molar refractivity (Wildman–Crippen MR) is 128 cm³/mol. The van der Waals surface area contributed by atoms with Crippen molar-refractivity contribution in [2.45, 2.75) is 57.5 Å². The van der Waals surface area contributed by atoms with Crippen LogP contribution in [0.2, 0.25) is 0 Å². The second-order valence-electron chi connectivity index (χ2n) is 9.63. The number of fused-ring (bicyclic) bond motifs is 3. The zero-order valence-electron chi connectivity index (χ0n) is 19.6. The Morgan fingerprint density at radius 1 is 1.00 bits per heavy atom. The minimum Gasteiger partial charge on any atom is -0.481 e. The summed E-state index contributed by atoms with van der Waals surface area (Å²) in [4.78, 5) is 36.3. The molecule has 0 unspecified atom stereocenters. The van der Waals surface area contributed by atoms with Crippen molar-refractivity contribution in [3.05, 3.63) is 59.7 Å². The van der Waals surface area contributed by atoms with Gasteiger partial charge in [0.15, 0.2) is 0 Å². The van der Waals surface area contributed by atoms with Crippen molar-refractivity contribution in [1.82, 2.24) is 10.6 Å². The van der Waals surface area contributed by atoms with Crippen LogP contribution in [0.5, 0.6) is 0 Å². The summed E-state index contributed by atoms with van der Waals surface area (Å²) in [5.74, 6) is -1.29. The summed E-state index contributed by atoms with van der Waals surface area (Å²) in [5.41, 5.74) is 4.68. The first-order valence-electron chi connectivity index (χ1n) is 12.0. The quantitative estimate of drug-likeness (QED) is 0.540. The van der Waals surface area contributed by atoms with Gasteiger partial charge in [-0.05, 0) is 47.4 Å². The second-order valence-corrected chi connectivity index (χ2v) is 9.63. The van der Waals surface area contributed by atoms with Gasteiger partial charge in [-0.2, -0.15) is 0 Å². The number of carbonyl (C=O) groups excluding carboxylic acids is 2. The molecule has 0 spiro atoms. The van der Waals surface area contributed by atoms with Crippen LogP contribution in [0.15, 0.2) is 48.5 Å². The molecule has 3 N–H and O–H groups in total. The Labute approximate surface area is 199 Å². The lowest BCUT2D eigenvalue weighted by molar-refractivity contribution is -0.138. The van der Waals surface area contributed by atoms with E-state index in [0.717, 1.165) is 11.1 Å². The van der Waals surface area contributed by atoms with E-state index < -0.39 is 18.1 Å². The molecule has 1 saturated carbocycles. The lowest BCUT2D eigenvalue weighted by atomic mass is 9.98. The highest BCUT2D eigenvalue weighted by Gasteiger charge is 2.33. The maximum absolute atomic E-state index is 12.7. The van der Waals surface area contributed by atoms with Crippen LogP contribution in [-0.2, 0) is 14.3 Å². The number of carboxylic acid groups (broad SMARTS) is 1. The molecule has 0 bridgehead atoms. The van der Waals surface area contributed by atoms with Gasteiger partial charge in [-0.25, -0.2) is 4.79 Å². The van der Waals surface area contributed by atoms with E-state index in [2.05, 4.69) is 34.9 Å². The lowest BCUT2D eigenvalue weighted by Crippen LogP contribution is -2.43. The molecule has 2 aliphatic rings. The van der Waals surface area contributed by atoms with Crippen molar-refractivity contribution in [2.24, 2.45) is 11.8 Å². The molecule has 0 heterocycles. The molecule has 3 atom stereocenters. The van der Waals surface area contributed by atoms with E-state index >= 15 is 0 Å². The van der Waals surface area contributed by atoms with Crippen molar-refractivity contribution in [3.8, 4) is 11.1 Å². The zero-order valence-corrected chi connectivity index (χ0v) is 19.6. The van der Waals surface area contributed by atoms with Crippen molar-refractivity contribution >= 4 is 18.0 Å². The third-order valence-corrected chi connectivity index (χ3v) is 7.00. The van der Waals surface area contributed by atoms with Gasteiger partial charge in [-0.15, -0.1) is 0 Å². The predicted octanol–water partition coefficient (Wildman–Crippen LogP) is 4.31. The van der Waals surface area contributed by atoms with Gasteiger partial charge >= 0.3 is 12.1 Å². The molecule has 2 aliphatic carbocycles. The minimum absolute atomic E-state index is 0.00227. The third kappa shape index (κ3) is 5.24. The fraction of sp³-hybridized carbons (Fsp3) is 0.444. The molecule has 4 rings (SSSR count). The average molecular weight is 465 g/mol. The van der Waals surface area contributed by atoms with Crippen molar-refractivity contribution in [3.63, 3.8) is 0 Å². The number of nitrogens with one attached hydrogen (secondary N) is 2. The Hall–Kier alpha value is -3.35. The number of aliphatic carboxylic acids is 1. The van der Waals surface area contributed by atoms with Gasteiger partial charge in [0.25, 0.3) is 0 Å². The van der Waals surface area contributed by atoms with Crippen LogP contribution in [0.1, 0.15) is 56.6 Å². The van der Waals surface area contributed by atoms with Crippen LogP contribution in [0.3, 0.4) is 0 Å². The summed E-state index contributed by atoms with van der Waals surface area (Å²) in [6.07, 6.45) is 1.29. The number of alkyl carbamates (subject to hydrolysis) is 1. The Morgan fingerprint density at radius 2 is 1.62 bits per heavy atom. The Balaban J connectivity index is 1.29. The zero-order chi connectivity index (χ0) is 24.2. The first kappa shape index (κ1) is 23.8. The summed E-state index contributed by atoms with van der Waals surface area (Å²) in [5, 5.41) is 14.9. The normalized spacial score (nSPS) is 19.9. The van der Waals surface area contributed by atoms with Gasteiger partial charge in [-0.3, -0.25) is 9.59 Å². The standard InChI is InChI=1S/C27H32N2O5/c1-16(2)24(14-25(30)31)29-26(32)17-11-12-18(13-17)28-27(33)34-15-23-21-9-5-3-7-19(21)20-8-4-6-10-22(20)23/h3-10,16-18,23-24H,11-15H2,1-2H3,(H,28,33)(H,29,32)(H,30,31)/t17-,18+,24-/m1/s1. The SMILES string of the molecule is CC(C)[C@@H](CC(=O)O)NC(=O)[C@@H]1CC[C@H](NC(=O)OCC2c3ccccc3-c3ccccc32)C1. The number of hydrogen-bond donors (Lipinski definition) is 3. The highest BCUT2D eigenvalue weighted by Crippen LogP contribution is 2.44. The molecule has 0 aromatic heterocycles. The van der Waals surface area contributed by atoms with Crippen LogP contribution in [0.25, 0.3) is 11.1 Å². The van der Waals surface area contributed by atoms with Crippen LogP contribution in [-0.4, -0.2) is 41.8 Å². The van der Waals surface area contributed by atoms with E-state index in [1.54, 1.807) is 0 Å². The van der Waals surface area contributed by atoms with Crippen molar-refractivity contribution < 1.29 is 24.2 Å². The number of carbonyl (C=O) groups is 3. The smallest absolute Gasteiger partial charge is 0.407 e. The monoisotopic (exact) mass is 464 g/mol. The minimum atomic E-state index is -0.930. The van der Waals surface area contributed by atoms with E-state index in [0.29, 0.717) is 19.3 Å². The first-order chi connectivity index (χ1) is 16.3. The third-order valence-electron chi connectivity index (χ3n) is 7.00. The highest BCUT2D eigenvalue weighted by molar-refractivity contribution is 5.81. The fourth-order valence-electron chi connectivity index (χ4n) is 5.10. The molecule has 34 heavy (non-hydrogen) atoms. The molecule has 0 saturated heterocycles. The van der Waals surface area contributed by atoms with Gasteiger partial charge in [-0.1, -0.05) is 62.4 Å². The highest BCUT2D eigenvalue weighted by atomic mass is 16.5. The first-order valence-corrected chi connectivity index (χ1v) is 12.0. The van der Waals surface area contributed by atoms with E-state index in [1.165, 1.54) is 11.1 Å². The van der Waals surface area contributed by atoms with Crippen LogP contribution in [0.4, 0.5) is 4.79 Å². The molecule has 7 heteroatoms. The lowest BCUT2D eigenvalue weighted by Gasteiger charge is -2.22. The molecule has 2 aromatic carbocycles. The van der Waals surface area contributed by atoms with Gasteiger partial charge < -0.3 is 20.5 Å². The van der Waals surface area contributed by atoms with Crippen LogP contribution in [0, 0.1) is 11.8 Å². The molecule has 2 amide bonds. The average Bonchev–Trinajstić information content (AvgIpc) is 3.39. The van der Waals surface area contributed by atoms with Crippen LogP contribution >= 0.6 is 0 Å². The molecule has 0 radical (unpaired) electrons. The molecular formula is C27H32N2O5. The maximum Gasteiger partial charge on any atom is 0.407 e. The van der Waals surface area contributed by atoms with Gasteiger partial charge in [0, 0.05) is 23.9 Å². The Bertz CT molecular complexity index is 1020. The number of rotatable bonds is 8. The van der Waals surface area contributed by atoms with Gasteiger partial charge in [0.2, 0.25) is 5.91 Å². The van der Waals surface area contributed by atoms with Crippen molar-refractivity contribution in [2.75, 3.05) is 6.61 Å². The molecule has 180 valence electrons. The number of amides is 2. The Morgan fingerprint density at radius 3 is 2.21 bits per heavy atom. The summed E-state index contributed by atoms with van der Waals surface area (Å²) in [6.45, 7) is 4.04. The second kappa shape index (κ2) is 10.3. The molecular weight excluding hydrogens is 432 g/mol. The van der Waals surface area contributed by atoms with E-state index in [9.17, 15) is 14.4 Å². The van der Waals surface area contributed by atoms with E-state index in [1.807, 2.05) is 38.1 Å². The molecule has 1 fully saturated rings. The summed E-state index contributed by atoms with van der Waals surface area (Å²) < 4.78 is 5.62. The number of hydrogen-bond acceptors (Lipinski definition) is 4. The number of benzene rings is 2. The van der Waals surface area contributed by atoms with E-state index in [-0.39, 0.29) is 42.7 Å². The fourth-order valence-corrected chi connectivity index (χ4v) is 5.10. The van der Waals surface area contributed by atoms with Gasteiger partial charge in [0.1, 0.15) is 6.61 Å². The molecule has 2 aromatic rings. The topological polar surface area (TPSA) is 105 Å². The molecule has 7 nitrogen and oxygen atoms in total. The van der Waals surface area contributed by atoms with Crippen LogP contribution < -0.4 is 10.6 Å². The summed E-state index contributed by atoms with van der Waals surface area (Å²) >= 11 is 0.